The number of aromatic nitrogens is 2. The second-order valence-corrected chi connectivity index (χ2v) is 4.18. The van der Waals surface area contributed by atoms with E-state index in [0.717, 1.165) is 0 Å². The fourth-order valence-corrected chi connectivity index (χ4v) is 1.47. The highest BCUT2D eigenvalue weighted by atomic mass is 19.3. The average Bonchev–Trinajstić information content (AvgIpc) is 2.33. The number of halogens is 4. The quantitative estimate of drug-likeness (QED) is 0.751. The summed E-state index contributed by atoms with van der Waals surface area (Å²) in [6.07, 6.45) is -2.70. The van der Waals surface area contributed by atoms with E-state index in [2.05, 4.69) is 14.7 Å². The van der Waals surface area contributed by atoms with Crippen LogP contribution in [0.2, 0.25) is 0 Å². The Morgan fingerprint density at radius 3 is 2.60 bits per heavy atom. The topological polar surface area (TPSA) is 81.0 Å². The number of anilines is 1. The lowest BCUT2D eigenvalue weighted by Gasteiger charge is -2.15. The van der Waals surface area contributed by atoms with Crippen molar-refractivity contribution >= 4 is 5.82 Å². The van der Waals surface area contributed by atoms with Gasteiger partial charge in [-0.1, -0.05) is 13.3 Å². The van der Waals surface area contributed by atoms with Crippen LogP contribution in [0.4, 0.5) is 23.4 Å². The normalized spacial score (nSPS) is 12.1. The summed E-state index contributed by atoms with van der Waals surface area (Å²) in [6, 6.07) is 0. The van der Waals surface area contributed by atoms with E-state index >= 15 is 0 Å². The highest BCUT2D eigenvalue weighted by Gasteiger charge is 2.40. The van der Waals surface area contributed by atoms with Gasteiger partial charge < -0.3 is 15.5 Å². The minimum Gasteiger partial charge on any atom is -0.383 e. The van der Waals surface area contributed by atoms with Crippen molar-refractivity contribution in [2.24, 2.45) is 0 Å². The molecule has 0 aliphatic heterocycles. The molecule has 0 radical (unpaired) electrons. The number of hydrogen-bond donors (Lipinski definition) is 2. The molecule has 9 heteroatoms. The Labute approximate surface area is 112 Å². The fraction of sp³-hybridized carbons (Fsp3) is 0.636. The van der Waals surface area contributed by atoms with E-state index in [1.807, 2.05) is 6.92 Å². The molecular formula is C11H15F4N3O2. The van der Waals surface area contributed by atoms with Crippen LogP contribution in [0.25, 0.3) is 0 Å². The molecule has 0 saturated heterocycles. The summed E-state index contributed by atoms with van der Waals surface area (Å²) in [5.41, 5.74) is 5.37. The molecule has 20 heavy (non-hydrogen) atoms. The molecule has 1 aromatic rings. The van der Waals surface area contributed by atoms with E-state index in [-0.39, 0.29) is 11.6 Å². The van der Waals surface area contributed by atoms with Crippen LogP contribution in [0.15, 0.2) is 4.79 Å². The van der Waals surface area contributed by atoms with Gasteiger partial charge in [-0.15, -0.1) is 0 Å². The van der Waals surface area contributed by atoms with Crippen LogP contribution in [0.5, 0.6) is 0 Å². The van der Waals surface area contributed by atoms with E-state index in [1.54, 1.807) is 0 Å². The zero-order valence-electron chi connectivity index (χ0n) is 10.8. The second-order valence-electron chi connectivity index (χ2n) is 4.18. The van der Waals surface area contributed by atoms with Gasteiger partial charge in [0.25, 0.3) is 5.56 Å². The second kappa shape index (κ2) is 6.69. The molecule has 0 fully saturated rings. The number of H-pyrrole nitrogens is 1. The molecule has 0 saturated carbocycles. The number of hydrogen-bond acceptors (Lipinski definition) is 4. The predicted octanol–water partition coefficient (Wildman–Crippen LogP) is 1.72. The van der Waals surface area contributed by atoms with Gasteiger partial charge in [-0.25, -0.2) is 13.8 Å². The Morgan fingerprint density at radius 2 is 2.10 bits per heavy atom. The van der Waals surface area contributed by atoms with Crippen molar-refractivity contribution < 1.29 is 22.3 Å². The number of ether oxygens (including phenoxy) is 1. The summed E-state index contributed by atoms with van der Waals surface area (Å²) in [5, 5.41) is 0. The first-order chi connectivity index (χ1) is 9.27. The van der Waals surface area contributed by atoms with Crippen molar-refractivity contribution in [1.82, 2.24) is 9.97 Å². The highest BCUT2D eigenvalue weighted by Crippen LogP contribution is 2.23. The molecule has 0 aromatic carbocycles. The number of nitrogens with one attached hydrogen (secondary N) is 1. The van der Waals surface area contributed by atoms with E-state index in [4.69, 9.17) is 5.73 Å². The van der Waals surface area contributed by atoms with Gasteiger partial charge in [0.05, 0.1) is 5.56 Å². The van der Waals surface area contributed by atoms with Crippen LogP contribution in [0.3, 0.4) is 0 Å². The summed E-state index contributed by atoms with van der Waals surface area (Å²) in [4.78, 5) is 17.7. The van der Waals surface area contributed by atoms with Gasteiger partial charge in [-0.05, 0) is 6.42 Å². The van der Waals surface area contributed by atoms with Crippen molar-refractivity contribution in [1.29, 1.82) is 0 Å². The lowest BCUT2D eigenvalue weighted by atomic mass is 10.2. The van der Waals surface area contributed by atoms with E-state index in [1.165, 1.54) is 0 Å². The summed E-state index contributed by atoms with van der Waals surface area (Å²) in [6.45, 7) is -0.151. The molecule has 0 amide bonds. The van der Waals surface area contributed by atoms with Crippen molar-refractivity contribution in [3.05, 3.63) is 21.7 Å². The lowest BCUT2D eigenvalue weighted by molar-refractivity contribution is -0.168. The zero-order chi connectivity index (χ0) is 15.3. The Balaban J connectivity index is 2.69. The number of nitrogen functional groups attached to an aromatic ring is 1. The van der Waals surface area contributed by atoms with Crippen molar-refractivity contribution in [2.75, 3.05) is 12.3 Å². The number of nitrogens with two attached hydrogens (primary N) is 1. The van der Waals surface area contributed by atoms with Crippen LogP contribution in [-0.4, -0.2) is 28.9 Å². The van der Waals surface area contributed by atoms with E-state index in [9.17, 15) is 22.4 Å². The molecule has 1 rings (SSSR count). The van der Waals surface area contributed by atoms with Crippen LogP contribution in [0.1, 0.15) is 24.7 Å². The van der Waals surface area contributed by atoms with Crippen LogP contribution in [-0.2, 0) is 17.8 Å². The van der Waals surface area contributed by atoms with Gasteiger partial charge in [0, 0.05) is 0 Å². The molecule has 0 aliphatic rings. The first kappa shape index (κ1) is 16.4. The van der Waals surface area contributed by atoms with Crippen LogP contribution >= 0.6 is 0 Å². The standard InChI is InChI=1S/C11H15F4N3O2/c1-2-3-6-8(16)17-7(18-9(6)19)4-20-5-11(14,15)10(12)13/h10H,2-5H2,1H3,(H3,16,17,18,19). The summed E-state index contributed by atoms with van der Waals surface area (Å²) >= 11 is 0. The number of aromatic amines is 1. The maximum Gasteiger partial charge on any atom is 0.330 e. The first-order valence-electron chi connectivity index (χ1n) is 5.89. The maximum absolute atomic E-state index is 12.6. The monoisotopic (exact) mass is 297 g/mol. The number of nitrogens with zero attached hydrogens (tertiary/aromatic N) is 1. The third-order valence-electron chi connectivity index (χ3n) is 2.45. The Hall–Kier alpha value is -1.64. The fourth-order valence-electron chi connectivity index (χ4n) is 1.47. The van der Waals surface area contributed by atoms with Crippen LogP contribution in [0, 0.1) is 0 Å². The van der Waals surface area contributed by atoms with E-state index < -0.39 is 31.1 Å². The highest BCUT2D eigenvalue weighted by molar-refractivity contribution is 5.37. The Morgan fingerprint density at radius 1 is 1.45 bits per heavy atom. The third-order valence-corrected chi connectivity index (χ3v) is 2.45. The SMILES string of the molecule is CCCc1c(N)nc(COCC(F)(F)C(F)F)[nH]c1=O. The van der Waals surface area contributed by atoms with Crippen molar-refractivity contribution in [3.8, 4) is 0 Å². The molecule has 0 spiro atoms. The van der Waals surface area contributed by atoms with Crippen molar-refractivity contribution in [3.63, 3.8) is 0 Å². The average molecular weight is 297 g/mol. The summed E-state index contributed by atoms with van der Waals surface area (Å²) in [7, 11) is 0. The maximum atomic E-state index is 12.6. The minimum atomic E-state index is -4.24. The Bertz CT molecular complexity index is 505. The van der Waals surface area contributed by atoms with Gasteiger partial charge >= 0.3 is 12.3 Å². The summed E-state index contributed by atoms with van der Waals surface area (Å²) in [5.74, 6) is -4.35. The van der Waals surface area contributed by atoms with Gasteiger partial charge in [0.1, 0.15) is 24.9 Å². The molecule has 3 N–H and O–H groups in total. The van der Waals surface area contributed by atoms with Gasteiger partial charge in [0.2, 0.25) is 0 Å². The molecule has 114 valence electrons. The smallest absolute Gasteiger partial charge is 0.330 e. The number of rotatable bonds is 7. The third kappa shape index (κ3) is 4.19. The molecule has 5 nitrogen and oxygen atoms in total. The molecule has 0 aliphatic carbocycles. The first-order valence-corrected chi connectivity index (χ1v) is 5.89. The Kier molecular flexibility index (Phi) is 5.49. The largest absolute Gasteiger partial charge is 0.383 e. The summed E-state index contributed by atoms with van der Waals surface area (Å²) < 4.78 is 53.4. The molecular weight excluding hydrogens is 282 g/mol. The van der Waals surface area contributed by atoms with Crippen molar-refractivity contribution in [2.45, 2.75) is 38.7 Å². The molecule has 0 unspecified atom stereocenters. The van der Waals surface area contributed by atoms with Gasteiger partial charge in [0.15, 0.2) is 0 Å². The molecule has 0 atom stereocenters. The predicted molar refractivity (Wildman–Crippen MR) is 63.9 cm³/mol. The van der Waals surface area contributed by atoms with Gasteiger partial charge in [-0.2, -0.15) is 8.78 Å². The van der Waals surface area contributed by atoms with Gasteiger partial charge in [-0.3, -0.25) is 4.79 Å². The molecule has 1 heterocycles. The molecule has 1 aromatic heterocycles. The van der Waals surface area contributed by atoms with E-state index in [0.29, 0.717) is 18.4 Å². The number of alkyl halides is 4. The minimum absolute atomic E-state index is 0.0187. The van der Waals surface area contributed by atoms with Crippen LogP contribution < -0.4 is 11.3 Å². The zero-order valence-corrected chi connectivity index (χ0v) is 10.8. The molecule has 0 bridgehead atoms. The lowest BCUT2D eigenvalue weighted by Crippen LogP contribution is -2.32.